The molecule has 0 bridgehead atoms. The number of aromatic amines is 1. The second-order valence-electron chi connectivity index (χ2n) is 2.99. The van der Waals surface area contributed by atoms with Crippen LogP contribution in [0.4, 0.5) is 0 Å². The van der Waals surface area contributed by atoms with Crippen LogP contribution in [0.2, 0.25) is 0 Å². The number of hydrogen-bond acceptors (Lipinski definition) is 3. The fourth-order valence-corrected chi connectivity index (χ4v) is 1.22. The van der Waals surface area contributed by atoms with E-state index in [1.165, 1.54) is 0 Å². The molecule has 1 aromatic rings. The molecule has 0 unspecified atom stereocenters. The van der Waals surface area contributed by atoms with Gasteiger partial charge in [0.1, 0.15) is 5.82 Å². The molecule has 0 radical (unpaired) electrons. The minimum absolute atomic E-state index is 0.128. The Bertz CT molecular complexity index is 301. The number of nitrogens with zero attached hydrogens (tertiary/aromatic N) is 2. The molecule has 1 heterocycles. The zero-order chi connectivity index (χ0) is 9.68. The van der Waals surface area contributed by atoms with E-state index in [1.54, 1.807) is 4.57 Å². The van der Waals surface area contributed by atoms with E-state index >= 15 is 0 Å². The minimum Gasteiger partial charge on any atom is -0.330 e. The average molecular weight is 184 g/mol. The monoisotopic (exact) mass is 184 g/mol. The molecule has 0 saturated heterocycles. The summed E-state index contributed by atoms with van der Waals surface area (Å²) in [7, 11) is 0. The van der Waals surface area contributed by atoms with E-state index in [-0.39, 0.29) is 5.69 Å². The Morgan fingerprint density at radius 3 is 3.00 bits per heavy atom. The molecular weight excluding hydrogens is 168 g/mol. The quantitative estimate of drug-likeness (QED) is 0.669. The molecule has 0 aliphatic heterocycles. The molecule has 0 aromatic carbocycles. The van der Waals surface area contributed by atoms with Crippen molar-refractivity contribution in [2.24, 2.45) is 5.73 Å². The molecule has 0 amide bonds. The number of unbranched alkanes of at least 4 members (excludes halogenated alkanes) is 1. The highest BCUT2D eigenvalue weighted by Gasteiger charge is 2.05. The van der Waals surface area contributed by atoms with Crippen molar-refractivity contribution in [2.45, 2.75) is 32.7 Å². The highest BCUT2D eigenvalue weighted by atomic mass is 16.1. The van der Waals surface area contributed by atoms with Gasteiger partial charge in [0.25, 0.3) is 0 Å². The van der Waals surface area contributed by atoms with Gasteiger partial charge in [0.05, 0.1) is 0 Å². The molecule has 5 nitrogen and oxygen atoms in total. The van der Waals surface area contributed by atoms with Gasteiger partial charge in [0.2, 0.25) is 0 Å². The summed E-state index contributed by atoms with van der Waals surface area (Å²) in [5.74, 6) is 0.765. The fourth-order valence-electron chi connectivity index (χ4n) is 1.22. The van der Waals surface area contributed by atoms with Crippen molar-refractivity contribution in [3.63, 3.8) is 0 Å². The summed E-state index contributed by atoms with van der Waals surface area (Å²) in [6.07, 6.45) is 2.72. The molecule has 1 aromatic heterocycles. The van der Waals surface area contributed by atoms with Gasteiger partial charge in [-0.15, -0.1) is 0 Å². The summed E-state index contributed by atoms with van der Waals surface area (Å²) in [4.78, 5) is 11.2. The summed E-state index contributed by atoms with van der Waals surface area (Å²) >= 11 is 0. The smallest absolute Gasteiger partial charge is 0.330 e. The largest absolute Gasteiger partial charge is 0.343 e. The zero-order valence-electron chi connectivity index (χ0n) is 7.92. The highest BCUT2D eigenvalue weighted by Crippen LogP contribution is 1.95. The lowest BCUT2D eigenvalue weighted by molar-refractivity contribution is 0.587. The third-order valence-electron chi connectivity index (χ3n) is 1.94. The Hall–Kier alpha value is -1.10. The number of hydrogen-bond donors (Lipinski definition) is 2. The van der Waals surface area contributed by atoms with Crippen LogP contribution in [-0.4, -0.2) is 21.3 Å². The number of nitrogens with two attached hydrogens (primary N) is 1. The lowest BCUT2D eigenvalue weighted by atomic mass is 10.3. The molecule has 1 rings (SSSR count). The zero-order valence-corrected chi connectivity index (χ0v) is 7.92. The predicted molar refractivity (Wildman–Crippen MR) is 50.5 cm³/mol. The Labute approximate surface area is 76.9 Å². The third-order valence-corrected chi connectivity index (χ3v) is 1.94. The summed E-state index contributed by atoms with van der Waals surface area (Å²) in [6, 6.07) is 0. The molecule has 74 valence electrons. The maximum atomic E-state index is 11.2. The molecule has 0 aliphatic rings. The van der Waals surface area contributed by atoms with Crippen molar-refractivity contribution in [3.8, 4) is 0 Å². The molecule has 0 spiro atoms. The van der Waals surface area contributed by atoms with Gasteiger partial charge in [-0.1, -0.05) is 13.3 Å². The fraction of sp³-hybridized carbons (Fsp3) is 0.750. The van der Waals surface area contributed by atoms with Gasteiger partial charge in [-0.25, -0.2) is 9.89 Å². The van der Waals surface area contributed by atoms with Gasteiger partial charge >= 0.3 is 5.69 Å². The van der Waals surface area contributed by atoms with Crippen LogP contribution < -0.4 is 11.4 Å². The number of nitrogens with one attached hydrogen (secondary N) is 1. The maximum Gasteiger partial charge on any atom is 0.343 e. The normalized spacial score (nSPS) is 10.6. The van der Waals surface area contributed by atoms with Crippen molar-refractivity contribution >= 4 is 0 Å². The first-order valence-corrected chi connectivity index (χ1v) is 4.63. The molecule has 0 aliphatic carbocycles. The van der Waals surface area contributed by atoms with Gasteiger partial charge in [-0.2, -0.15) is 5.10 Å². The van der Waals surface area contributed by atoms with Gasteiger partial charge < -0.3 is 5.73 Å². The van der Waals surface area contributed by atoms with E-state index < -0.39 is 0 Å². The number of aromatic nitrogens is 3. The molecule has 5 heteroatoms. The van der Waals surface area contributed by atoms with Crippen LogP contribution in [0.5, 0.6) is 0 Å². The van der Waals surface area contributed by atoms with E-state index in [0.29, 0.717) is 13.0 Å². The van der Waals surface area contributed by atoms with Crippen LogP contribution in [0.15, 0.2) is 4.79 Å². The average Bonchev–Trinajstić information content (AvgIpc) is 2.45. The second-order valence-corrected chi connectivity index (χ2v) is 2.99. The predicted octanol–water partition coefficient (Wildman–Crippen LogP) is -0.127. The summed E-state index contributed by atoms with van der Waals surface area (Å²) in [5, 5.41) is 6.34. The van der Waals surface area contributed by atoms with Gasteiger partial charge in [-0.05, 0) is 13.0 Å². The molecular formula is C8H16N4O. The molecule has 3 N–H and O–H groups in total. The first kappa shape index (κ1) is 9.98. The Balaban J connectivity index is 2.75. The lowest BCUT2D eigenvalue weighted by Crippen LogP contribution is -2.20. The van der Waals surface area contributed by atoms with E-state index in [9.17, 15) is 4.79 Å². The van der Waals surface area contributed by atoms with E-state index in [2.05, 4.69) is 17.1 Å². The highest BCUT2D eigenvalue weighted by molar-refractivity contribution is 4.86. The summed E-state index contributed by atoms with van der Waals surface area (Å²) in [6.45, 7) is 3.35. The van der Waals surface area contributed by atoms with Crippen LogP contribution in [0.3, 0.4) is 0 Å². The molecule has 0 saturated carbocycles. The topological polar surface area (TPSA) is 76.7 Å². The lowest BCUT2D eigenvalue weighted by Gasteiger charge is -2.02. The summed E-state index contributed by atoms with van der Waals surface area (Å²) < 4.78 is 1.66. The van der Waals surface area contributed by atoms with Crippen LogP contribution in [0.25, 0.3) is 0 Å². The van der Waals surface area contributed by atoms with Crippen molar-refractivity contribution in [3.05, 3.63) is 16.3 Å². The first-order valence-electron chi connectivity index (χ1n) is 4.63. The van der Waals surface area contributed by atoms with Gasteiger partial charge in [-0.3, -0.25) is 4.57 Å². The Morgan fingerprint density at radius 1 is 1.62 bits per heavy atom. The van der Waals surface area contributed by atoms with E-state index in [1.807, 2.05) is 0 Å². The first-order chi connectivity index (χ1) is 6.29. The summed E-state index contributed by atoms with van der Waals surface area (Å²) in [5.41, 5.74) is 5.27. The Kier molecular flexibility index (Phi) is 3.70. The van der Waals surface area contributed by atoms with Crippen molar-refractivity contribution < 1.29 is 0 Å². The maximum absolute atomic E-state index is 11.2. The number of H-pyrrole nitrogens is 1. The molecule has 13 heavy (non-hydrogen) atoms. The van der Waals surface area contributed by atoms with E-state index in [0.717, 1.165) is 25.2 Å². The SMILES string of the molecule is CCCCn1c(CCN)n[nH]c1=O. The second kappa shape index (κ2) is 4.81. The molecule has 0 atom stereocenters. The van der Waals surface area contributed by atoms with Crippen molar-refractivity contribution in [2.75, 3.05) is 6.54 Å². The van der Waals surface area contributed by atoms with Crippen LogP contribution in [-0.2, 0) is 13.0 Å². The van der Waals surface area contributed by atoms with Crippen LogP contribution in [0, 0.1) is 0 Å². The van der Waals surface area contributed by atoms with Crippen LogP contribution in [0.1, 0.15) is 25.6 Å². The molecule has 0 fully saturated rings. The third kappa shape index (κ3) is 2.42. The van der Waals surface area contributed by atoms with Crippen molar-refractivity contribution in [1.82, 2.24) is 14.8 Å². The van der Waals surface area contributed by atoms with Gasteiger partial charge in [0, 0.05) is 13.0 Å². The number of rotatable bonds is 5. The van der Waals surface area contributed by atoms with Gasteiger partial charge in [0.15, 0.2) is 0 Å². The standard InChI is InChI=1S/C8H16N4O/c1-2-3-6-12-7(4-5-9)10-11-8(12)13/h2-6,9H2,1H3,(H,11,13). The Morgan fingerprint density at radius 2 is 2.38 bits per heavy atom. The minimum atomic E-state index is -0.128. The van der Waals surface area contributed by atoms with Crippen LogP contribution >= 0.6 is 0 Å². The van der Waals surface area contributed by atoms with Crippen molar-refractivity contribution in [1.29, 1.82) is 0 Å². The van der Waals surface area contributed by atoms with E-state index in [4.69, 9.17) is 5.73 Å².